The van der Waals surface area contributed by atoms with E-state index < -0.39 is 0 Å². The monoisotopic (exact) mass is 299 g/mol. The topological polar surface area (TPSA) is 88.2 Å². The van der Waals surface area contributed by atoms with Gasteiger partial charge in [-0.2, -0.15) is 0 Å². The van der Waals surface area contributed by atoms with Crippen LogP contribution >= 0.6 is 11.6 Å². The first-order valence-electron chi connectivity index (χ1n) is 6.05. The van der Waals surface area contributed by atoms with E-state index in [-0.39, 0.29) is 11.8 Å². The van der Waals surface area contributed by atoms with Crippen LogP contribution in [0.25, 0.3) is 0 Å². The van der Waals surface area contributed by atoms with Crippen molar-refractivity contribution in [2.24, 2.45) is 10.9 Å². The fourth-order valence-electron chi connectivity index (χ4n) is 1.71. The Labute approximate surface area is 122 Å². The molecule has 0 bridgehead atoms. The highest BCUT2D eigenvalue weighted by Gasteiger charge is 2.10. The number of esters is 1. The Morgan fingerprint density at radius 1 is 1.55 bits per heavy atom. The molecule has 3 N–H and O–H groups in total. The summed E-state index contributed by atoms with van der Waals surface area (Å²) in [5.74, 6) is -0.221. The number of carbonyl (C=O) groups excluding carboxylic acids is 1. The number of oxime groups is 1. The number of nitrogens with two attached hydrogens (primary N) is 1. The summed E-state index contributed by atoms with van der Waals surface area (Å²) in [5, 5.41) is 12.2. The molecule has 6 nitrogen and oxygen atoms in total. The van der Waals surface area contributed by atoms with Crippen LogP contribution in [0, 0.1) is 0 Å². The minimum absolute atomic E-state index is 0.0193. The third-order valence-electron chi connectivity index (χ3n) is 2.86. The smallest absolute Gasteiger partial charge is 0.305 e. The molecule has 20 heavy (non-hydrogen) atoms. The molecule has 7 heteroatoms. The third-order valence-corrected chi connectivity index (χ3v) is 3.18. The Hall–Kier alpha value is -1.95. The molecule has 0 saturated carbocycles. The maximum atomic E-state index is 11.1. The lowest BCUT2D eigenvalue weighted by Gasteiger charge is -2.21. The van der Waals surface area contributed by atoms with E-state index in [1.54, 1.807) is 18.2 Å². The summed E-state index contributed by atoms with van der Waals surface area (Å²) < 4.78 is 4.58. The van der Waals surface area contributed by atoms with Gasteiger partial charge in [0.05, 0.1) is 17.8 Å². The van der Waals surface area contributed by atoms with Crippen LogP contribution in [0.15, 0.2) is 23.4 Å². The molecule has 0 saturated heterocycles. The van der Waals surface area contributed by atoms with E-state index in [4.69, 9.17) is 22.5 Å². The molecule has 0 unspecified atom stereocenters. The molecule has 0 spiro atoms. The molecule has 0 atom stereocenters. The van der Waals surface area contributed by atoms with Gasteiger partial charge in [-0.3, -0.25) is 4.79 Å². The molecule has 1 aromatic carbocycles. The lowest BCUT2D eigenvalue weighted by molar-refractivity contribution is -0.140. The van der Waals surface area contributed by atoms with Crippen molar-refractivity contribution in [1.29, 1.82) is 0 Å². The Kier molecular flexibility index (Phi) is 6.11. The molecule has 0 aliphatic rings. The molecule has 0 aliphatic carbocycles. The highest BCUT2D eigenvalue weighted by atomic mass is 35.5. The van der Waals surface area contributed by atoms with Crippen molar-refractivity contribution in [2.45, 2.75) is 12.8 Å². The molecule has 0 amide bonds. The second kappa shape index (κ2) is 7.59. The first-order valence-corrected chi connectivity index (χ1v) is 6.42. The van der Waals surface area contributed by atoms with Crippen LogP contribution in [0.4, 0.5) is 5.69 Å². The summed E-state index contributed by atoms with van der Waals surface area (Å²) in [7, 11) is 3.22. The number of hydrogen-bond donors (Lipinski definition) is 2. The van der Waals surface area contributed by atoms with Crippen LogP contribution in [0.2, 0.25) is 5.02 Å². The zero-order chi connectivity index (χ0) is 15.1. The highest BCUT2D eigenvalue weighted by Crippen LogP contribution is 2.26. The normalized spacial score (nSPS) is 11.2. The number of halogens is 1. The Bertz CT molecular complexity index is 506. The van der Waals surface area contributed by atoms with E-state index in [1.165, 1.54) is 7.11 Å². The van der Waals surface area contributed by atoms with Gasteiger partial charge < -0.3 is 20.6 Å². The molecule has 0 heterocycles. The van der Waals surface area contributed by atoms with E-state index in [1.807, 2.05) is 11.9 Å². The van der Waals surface area contributed by atoms with E-state index in [2.05, 4.69) is 9.89 Å². The summed E-state index contributed by atoms with van der Waals surface area (Å²) in [4.78, 5) is 13.0. The summed E-state index contributed by atoms with van der Waals surface area (Å²) in [6.45, 7) is 0.633. The van der Waals surface area contributed by atoms with Crippen molar-refractivity contribution in [3.05, 3.63) is 28.8 Å². The molecular formula is C13H18ClN3O3. The van der Waals surface area contributed by atoms with Gasteiger partial charge in [-0.15, -0.1) is 0 Å². The minimum Gasteiger partial charge on any atom is -0.469 e. The molecule has 1 rings (SSSR count). The van der Waals surface area contributed by atoms with E-state index >= 15 is 0 Å². The van der Waals surface area contributed by atoms with Gasteiger partial charge in [0.25, 0.3) is 0 Å². The molecule has 0 radical (unpaired) electrons. The zero-order valence-corrected chi connectivity index (χ0v) is 12.2. The summed E-state index contributed by atoms with van der Waals surface area (Å²) in [6, 6.07) is 5.08. The van der Waals surface area contributed by atoms with Crippen LogP contribution in [0.1, 0.15) is 18.4 Å². The lowest BCUT2D eigenvalue weighted by atomic mass is 10.1. The fraction of sp³-hybridized carbons (Fsp3) is 0.385. The maximum absolute atomic E-state index is 11.1. The number of rotatable bonds is 6. The largest absolute Gasteiger partial charge is 0.469 e. The summed E-state index contributed by atoms with van der Waals surface area (Å²) >= 11 is 6.13. The third kappa shape index (κ3) is 4.31. The van der Waals surface area contributed by atoms with Gasteiger partial charge in [-0.25, -0.2) is 0 Å². The maximum Gasteiger partial charge on any atom is 0.305 e. The molecule has 0 aromatic heterocycles. The fourth-order valence-corrected chi connectivity index (χ4v) is 1.97. The van der Waals surface area contributed by atoms with E-state index in [0.717, 1.165) is 5.69 Å². The van der Waals surface area contributed by atoms with Crippen LogP contribution < -0.4 is 10.6 Å². The Morgan fingerprint density at radius 3 is 2.85 bits per heavy atom. The van der Waals surface area contributed by atoms with Crippen LogP contribution in [-0.2, 0) is 9.53 Å². The van der Waals surface area contributed by atoms with Gasteiger partial charge in [-0.1, -0.05) is 16.8 Å². The predicted octanol–water partition coefficient (Wildman–Crippen LogP) is 1.82. The van der Waals surface area contributed by atoms with Crippen molar-refractivity contribution in [3.8, 4) is 0 Å². The average molecular weight is 300 g/mol. The second-order valence-corrected chi connectivity index (χ2v) is 4.66. The molecule has 1 aromatic rings. The SMILES string of the molecule is COC(=O)CCCN(C)c1cc(/C(N)=N/O)ccc1Cl. The molecule has 0 aliphatic heterocycles. The average Bonchev–Trinajstić information content (AvgIpc) is 2.46. The number of methoxy groups -OCH3 is 1. The van der Waals surface area contributed by atoms with Crippen molar-refractivity contribution in [3.63, 3.8) is 0 Å². The van der Waals surface area contributed by atoms with Crippen LogP contribution in [0.5, 0.6) is 0 Å². The van der Waals surface area contributed by atoms with Crippen LogP contribution in [0.3, 0.4) is 0 Å². The number of amidine groups is 1. The lowest BCUT2D eigenvalue weighted by Crippen LogP contribution is -2.21. The van der Waals surface area contributed by atoms with E-state index in [0.29, 0.717) is 30.0 Å². The Morgan fingerprint density at radius 2 is 2.25 bits per heavy atom. The number of carbonyl (C=O) groups is 1. The van der Waals surface area contributed by atoms with Gasteiger partial charge >= 0.3 is 5.97 Å². The van der Waals surface area contributed by atoms with Crippen LogP contribution in [-0.4, -0.2) is 37.7 Å². The van der Waals surface area contributed by atoms with Gasteiger partial charge in [0.15, 0.2) is 5.84 Å². The number of anilines is 1. The summed E-state index contributed by atoms with van der Waals surface area (Å²) in [6.07, 6.45) is 0.992. The quantitative estimate of drug-likeness (QED) is 0.275. The zero-order valence-electron chi connectivity index (χ0n) is 11.5. The van der Waals surface area contributed by atoms with Gasteiger partial charge in [0, 0.05) is 25.6 Å². The van der Waals surface area contributed by atoms with Crippen molar-refractivity contribution >= 4 is 29.1 Å². The Balaban J connectivity index is 2.76. The number of hydrogen-bond acceptors (Lipinski definition) is 5. The molecular weight excluding hydrogens is 282 g/mol. The van der Waals surface area contributed by atoms with Gasteiger partial charge in [-0.05, 0) is 24.6 Å². The molecule has 110 valence electrons. The van der Waals surface area contributed by atoms with Gasteiger partial charge in [0.2, 0.25) is 0 Å². The van der Waals surface area contributed by atoms with Crippen molar-refractivity contribution < 1.29 is 14.7 Å². The second-order valence-electron chi connectivity index (χ2n) is 4.25. The first kappa shape index (κ1) is 16.1. The standard InChI is InChI=1S/C13H18ClN3O3/c1-17(7-3-4-12(18)20-2)11-8-9(13(15)16-19)5-6-10(11)14/h5-6,8,19H,3-4,7H2,1-2H3,(H2,15,16). The van der Waals surface area contributed by atoms with Gasteiger partial charge in [0.1, 0.15) is 0 Å². The molecule has 0 fully saturated rings. The first-order chi connectivity index (χ1) is 9.49. The number of benzene rings is 1. The minimum atomic E-state index is -0.241. The summed E-state index contributed by atoms with van der Waals surface area (Å²) in [5.41, 5.74) is 6.87. The number of ether oxygens (including phenoxy) is 1. The van der Waals surface area contributed by atoms with Crippen molar-refractivity contribution in [2.75, 3.05) is 25.6 Å². The predicted molar refractivity (Wildman–Crippen MR) is 78.5 cm³/mol. The van der Waals surface area contributed by atoms with E-state index in [9.17, 15) is 4.79 Å². The highest BCUT2D eigenvalue weighted by molar-refractivity contribution is 6.33. The van der Waals surface area contributed by atoms with Crippen molar-refractivity contribution in [1.82, 2.24) is 0 Å². The number of nitrogens with zero attached hydrogens (tertiary/aromatic N) is 2.